The van der Waals surface area contributed by atoms with Crippen LogP contribution in [-0.4, -0.2) is 45.3 Å². The molecule has 8 heteroatoms. The van der Waals surface area contributed by atoms with Gasteiger partial charge in [-0.1, -0.05) is 0 Å². The Kier molecular flexibility index (Phi) is 3.41. The Bertz CT molecular complexity index is 499. The first-order valence-electron chi connectivity index (χ1n) is 5.78. The second kappa shape index (κ2) is 5.01. The standard InChI is InChI=1S/C11H14N4O4/c12-10(17)15(13-5-1-2-6-13)9(16)8-4-3-7-14(8)11(18)19/h1-2,5-6,8H,3-4,7H2,(H2,12,17)(H,18,19). The quantitative estimate of drug-likeness (QED) is 0.795. The molecule has 1 aliphatic heterocycles. The van der Waals surface area contributed by atoms with Crippen LogP contribution < -0.4 is 10.7 Å². The summed E-state index contributed by atoms with van der Waals surface area (Å²) in [6.45, 7) is 0.282. The van der Waals surface area contributed by atoms with Crippen LogP contribution in [0.4, 0.5) is 9.59 Å². The highest BCUT2D eigenvalue weighted by atomic mass is 16.4. The van der Waals surface area contributed by atoms with Crippen LogP contribution in [0, 0.1) is 0 Å². The van der Waals surface area contributed by atoms with Gasteiger partial charge in [0.2, 0.25) is 0 Å². The number of aromatic nitrogens is 1. The Balaban J connectivity index is 2.25. The third kappa shape index (κ3) is 2.37. The number of amides is 4. The molecule has 1 unspecified atom stereocenters. The van der Waals surface area contributed by atoms with Crippen molar-refractivity contribution in [3.05, 3.63) is 24.5 Å². The highest BCUT2D eigenvalue weighted by Gasteiger charge is 2.38. The van der Waals surface area contributed by atoms with Gasteiger partial charge in [0.05, 0.1) is 0 Å². The highest BCUT2D eigenvalue weighted by molar-refractivity contribution is 6.09. The molecule has 0 radical (unpaired) electrons. The van der Waals surface area contributed by atoms with Crippen LogP contribution in [-0.2, 0) is 4.79 Å². The fourth-order valence-electron chi connectivity index (χ4n) is 2.19. The molecule has 2 rings (SSSR count). The van der Waals surface area contributed by atoms with Crippen molar-refractivity contribution in [3.63, 3.8) is 0 Å². The fourth-order valence-corrected chi connectivity index (χ4v) is 2.19. The lowest BCUT2D eigenvalue weighted by Gasteiger charge is -2.26. The Labute approximate surface area is 109 Å². The molecule has 1 aliphatic rings. The number of hydrogen-bond acceptors (Lipinski definition) is 3. The van der Waals surface area contributed by atoms with Crippen LogP contribution in [0.1, 0.15) is 12.8 Å². The Morgan fingerprint density at radius 1 is 1.26 bits per heavy atom. The number of hydrogen-bond donors (Lipinski definition) is 2. The van der Waals surface area contributed by atoms with E-state index in [1.165, 1.54) is 17.1 Å². The topological polar surface area (TPSA) is 109 Å². The van der Waals surface area contributed by atoms with E-state index < -0.39 is 24.1 Å². The number of nitrogens with two attached hydrogens (primary N) is 1. The molecule has 1 fully saturated rings. The van der Waals surface area contributed by atoms with Gasteiger partial charge in [-0.05, 0) is 25.0 Å². The lowest BCUT2D eigenvalue weighted by molar-refractivity contribution is -0.123. The summed E-state index contributed by atoms with van der Waals surface area (Å²) >= 11 is 0. The minimum absolute atomic E-state index is 0.282. The van der Waals surface area contributed by atoms with E-state index in [2.05, 4.69) is 0 Å². The van der Waals surface area contributed by atoms with E-state index in [9.17, 15) is 14.4 Å². The molecule has 1 saturated heterocycles. The minimum Gasteiger partial charge on any atom is -0.465 e. The van der Waals surface area contributed by atoms with E-state index in [0.29, 0.717) is 12.8 Å². The maximum Gasteiger partial charge on any atom is 0.407 e. The molecule has 4 amide bonds. The van der Waals surface area contributed by atoms with Crippen LogP contribution in [0.3, 0.4) is 0 Å². The van der Waals surface area contributed by atoms with Crippen LogP contribution in [0.5, 0.6) is 0 Å². The molecule has 1 aromatic rings. The second-order valence-electron chi connectivity index (χ2n) is 4.19. The van der Waals surface area contributed by atoms with E-state index >= 15 is 0 Å². The lowest BCUT2D eigenvalue weighted by Crippen LogP contribution is -2.55. The van der Waals surface area contributed by atoms with Gasteiger partial charge in [0.25, 0.3) is 5.91 Å². The first kappa shape index (κ1) is 12.9. The number of carbonyl (C=O) groups is 3. The number of nitrogens with zero attached hydrogens (tertiary/aromatic N) is 3. The van der Waals surface area contributed by atoms with Gasteiger partial charge in [0.15, 0.2) is 0 Å². The summed E-state index contributed by atoms with van der Waals surface area (Å²) < 4.78 is 1.24. The summed E-state index contributed by atoms with van der Waals surface area (Å²) in [6.07, 6.45) is 2.77. The molecule has 0 saturated carbocycles. The van der Waals surface area contributed by atoms with Crippen LogP contribution >= 0.6 is 0 Å². The number of urea groups is 1. The highest BCUT2D eigenvalue weighted by Crippen LogP contribution is 2.19. The van der Waals surface area contributed by atoms with Crippen LogP contribution in [0.15, 0.2) is 24.5 Å². The van der Waals surface area contributed by atoms with Gasteiger partial charge in [0.1, 0.15) is 6.04 Å². The summed E-state index contributed by atoms with van der Waals surface area (Å²) in [5, 5.41) is 9.76. The summed E-state index contributed by atoms with van der Waals surface area (Å²) in [5.41, 5.74) is 5.20. The molecule has 1 atom stereocenters. The van der Waals surface area contributed by atoms with Crippen molar-refractivity contribution < 1.29 is 19.5 Å². The van der Waals surface area contributed by atoms with Gasteiger partial charge in [-0.2, -0.15) is 5.01 Å². The molecule has 0 spiro atoms. The second-order valence-corrected chi connectivity index (χ2v) is 4.19. The average molecular weight is 266 g/mol. The molecule has 102 valence electrons. The van der Waals surface area contributed by atoms with E-state index in [0.717, 1.165) is 9.91 Å². The lowest BCUT2D eigenvalue weighted by atomic mass is 10.2. The van der Waals surface area contributed by atoms with Crippen molar-refractivity contribution in [3.8, 4) is 0 Å². The summed E-state index contributed by atoms with van der Waals surface area (Å²) in [4.78, 5) is 35.8. The third-order valence-corrected chi connectivity index (χ3v) is 3.02. The summed E-state index contributed by atoms with van der Waals surface area (Å²) in [7, 11) is 0. The van der Waals surface area contributed by atoms with Gasteiger partial charge in [-0.25, -0.2) is 9.59 Å². The molecule has 0 bridgehead atoms. The predicted molar refractivity (Wildman–Crippen MR) is 65.0 cm³/mol. The zero-order chi connectivity index (χ0) is 14.0. The molecule has 0 aliphatic carbocycles. The Morgan fingerprint density at radius 2 is 1.89 bits per heavy atom. The molecule has 3 N–H and O–H groups in total. The molecule has 0 aromatic carbocycles. The Morgan fingerprint density at radius 3 is 2.42 bits per heavy atom. The van der Waals surface area contributed by atoms with Crippen LogP contribution in [0.25, 0.3) is 0 Å². The monoisotopic (exact) mass is 266 g/mol. The number of rotatable bonds is 2. The van der Waals surface area contributed by atoms with Gasteiger partial charge in [-0.3, -0.25) is 14.4 Å². The van der Waals surface area contributed by atoms with Gasteiger partial charge in [-0.15, -0.1) is 0 Å². The van der Waals surface area contributed by atoms with Crippen molar-refractivity contribution >= 4 is 18.0 Å². The van der Waals surface area contributed by atoms with Gasteiger partial charge >= 0.3 is 12.1 Å². The van der Waals surface area contributed by atoms with Crippen molar-refractivity contribution in [1.29, 1.82) is 0 Å². The first-order chi connectivity index (χ1) is 9.02. The molecule has 1 aromatic heterocycles. The van der Waals surface area contributed by atoms with Gasteiger partial charge < -0.3 is 10.8 Å². The Hall–Kier alpha value is -2.51. The SMILES string of the molecule is NC(=O)N(C(=O)C1CCCN1C(=O)O)n1cccc1. The van der Waals surface area contributed by atoms with Crippen LogP contribution in [0.2, 0.25) is 0 Å². The average Bonchev–Trinajstić information content (AvgIpc) is 2.98. The fraction of sp³-hybridized carbons (Fsp3) is 0.364. The zero-order valence-corrected chi connectivity index (χ0v) is 10.1. The smallest absolute Gasteiger partial charge is 0.407 e. The minimum atomic E-state index is -1.17. The normalized spacial score (nSPS) is 18.3. The molecule has 8 nitrogen and oxygen atoms in total. The largest absolute Gasteiger partial charge is 0.465 e. The van der Waals surface area contributed by atoms with Crippen molar-refractivity contribution in [2.24, 2.45) is 5.73 Å². The molecular formula is C11H14N4O4. The van der Waals surface area contributed by atoms with Gasteiger partial charge in [0, 0.05) is 18.9 Å². The molecule has 19 heavy (non-hydrogen) atoms. The van der Waals surface area contributed by atoms with Crippen molar-refractivity contribution in [2.75, 3.05) is 11.6 Å². The number of carbonyl (C=O) groups excluding carboxylic acids is 2. The van der Waals surface area contributed by atoms with E-state index in [1.807, 2.05) is 0 Å². The zero-order valence-electron chi connectivity index (χ0n) is 10.1. The number of imide groups is 1. The van der Waals surface area contributed by atoms with Crippen molar-refractivity contribution in [2.45, 2.75) is 18.9 Å². The third-order valence-electron chi connectivity index (χ3n) is 3.02. The van der Waals surface area contributed by atoms with Crippen molar-refractivity contribution in [1.82, 2.24) is 9.58 Å². The number of carboxylic acid groups (broad SMARTS) is 1. The molecular weight excluding hydrogens is 252 g/mol. The van der Waals surface area contributed by atoms with E-state index in [1.54, 1.807) is 12.1 Å². The van der Waals surface area contributed by atoms with E-state index in [4.69, 9.17) is 10.8 Å². The number of primary amides is 1. The summed E-state index contributed by atoms with van der Waals surface area (Å²) in [5.74, 6) is -0.636. The predicted octanol–water partition coefficient (Wildman–Crippen LogP) is 0.174. The number of likely N-dealkylation sites (tertiary alicyclic amines) is 1. The van der Waals surface area contributed by atoms with E-state index in [-0.39, 0.29) is 6.54 Å². The summed E-state index contributed by atoms with van der Waals surface area (Å²) in [6, 6.07) is 1.45. The first-order valence-corrected chi connectivity index (χ1v) is 5.78. The maximum absolute atomic E-state index is 12.3. The molecule has 2 heterocycles. The maximum atomic E-state index is 12.3.